The van der Waals surface area contributed by atoms with Crippen LogP contribution in [-0.2, 0) is 0 Å². The van der Waals surface area contributed by atoms with Crippen molar-refractivity contribution in [1.82, 2.24) is 15.2 Å². The van der Waals surface area contributed by atoms with E-state index >= 15 is 0 Å². The standard InChI is InChI=1S/C26H27ClN4O2/c27-21-10-9-20-15-29-25(28)23(24(20)14-21)11-6-18-4-7-19(8-5-18)26(33)30-16-22(32)17-31-12-2-1-3-13-31/h4-5,7-10,14-15,22,32H,1-3,12-13,16-17H2,(H2,28,29)(H,30,33). The second kappa shape index (κ2) is 10.7. The summed E-state index contributed by atoms with van der Waals surface area (Å²) in [4.78, 5) is 18.9. The summed E-state index contributed by atoms with van der Waals surface area (Å²) >= 11 is 6.14. The lowest BCUT2D eigenvalue weighted by Crippen LogP contribution is -2.42. The first-order chi connectivity index (χ1) is 16.0. The number of likely N-dealkylation sites (tertiary alicyclic amines) is 1. The van der Waals surface area contributed by atoms with Crippen molar-refractivity contribution in [3.05, 3.63) is 70.4 Å². The van der Waals surface area contributed by atoms with E-state index in [1.165, 1.54) is 19.3 Å². The van der Waals surface area contributed by atoms with Gasteiger partial charge in [0, 0.05) is 46.2 Å². The topological polar surface area (TPSA) is 91.5 Å². The van der Waals surface area contributed by atoms with Gasteiger partial charge in [0.2, 0.25) is 0 Å². The summed E-state index contributed by atoms with van der Waals surface area (Å²) in [6.07, 6.45) is 4.72. The fourth-order valence-corrected chi connectivity index (χ4v) is 4.16. The van der Waals surface area contributed by atoms with Gasteiger partial charge in [0.1, 0.15) is 5.82 Å². The van der Waals surface area contributed by atoms with Crippen LogP contribution in [0, 0.1) is 11.8 Å². The average Bonchev–Trinajstić information content (AvgIpc) is 2.83. The number of aliphatic hydroxyl groups is 1. The number of carbonyl (C=O) groups is 1. The summed E-state index contributed by atoms with van der Waals surface area (Å²) in [6.45, 7) is 2.85. The van der Waals surface area contributed by atoms with Gasteiger partial charge in [-0.15, -0.1) is 0 Å². The predicted molar refractivity (Wildman–Crippen MR) is 132 cm³/mol. The molecule has 170 valence electrons. The van der Waals surface area contributed by atoms with E-state index < -0.39 is 6.10 Å². The number of nitrogens with one attached hydrogen (secondary N) is 1. The van der Waals surface area contributed by atoms with Crippen LogP contribution in [0.15, 0.2) is 48.7 Å². The highest BCUT2D eigenvalue weighted by Crippen LogP contribution is 2.24. The number of amides is 1. The molecule has 1 amide bonds. The van der Waals surface area contributed by atoms with Crippen LogP contribution < -0.4 is 11.1 Å². The molecule has 0 bridgehead atoms. The summed E-state index contributed by atoms with van der Waals surface area (Å²) in [7, 11) is 0. The minimum atomic E-state index is -0.578. The van der Waals surface area contributed by atoms with E-state index in [0.29, 0.717) is 28.5 Å². The Balaban J connectivity index is 1.39. The largest absolute Gasteiger partial charge is 0.390 e. The molecular formula is C26H27ClN4O2. The van der Waals surface area contributed by atoms with Crippen molar-refractivity contribution in [3.63, 3.8) is 0 Å². The van der Waals surface area contributed by atoms with E-state index in [4.69, 9.17) is 17.3 Å². The van der Waals surface area contributed by atoms with E-state index in [2.05, 4.69) is 27.0 Å². The molecule has 1 aliphatic heterocycles. The quantitative estimate of drug-likeness (QED) is 0.505. The first-order valence-corrected chi connectivity index (χ1v) is 11.5. The second-order valence-electron chi connectivity index (χ2n) is 8.30. The molecule has 1 aliphatic rings. The number of piperidine rings is 1. The minimum Gasteiger partial charge on any atom is -0.390 e. The summed E-state index contributed by atoms with van der Waals surface area (Å²) in [5.41, 5.74) is 7.94. The molecule has 1 aromatic heterocycles. The summed E-state index contributed by atoms with van der Waals surface area (Å²) in [6, 6.07) is 12.5. The van der Waals surface area contributed by atoms with Crippen molar-refractivity contribution >= 4 is 34.1 Å². The second-order valence-corrected chi connectivity index (χ2v) is 8.74. The van der Waals surface area contributed by atoms with Crippen LogP contribution in [0.1, 0.15) is 40.7 Å². The van der Waals surface area contributed by atoms with E-state index in [-0.39, 0.29) is 12.5 Å². The van der Waals surface area contributed by atoms with Crippen molar-refractivity contribution in [2.45, 2.75) is 25.4 Å². The van der Waals surface area contributed by atoms with E-state index in [1.807, 2.05) is 12.1 Å². The third-order valence-electron chi connectivity index (χ3n) is 5.78. The SMILES string of the molecule is Nc1ncc2ccc(Cl)cc2c1C#Cc1ccc(C(=O)NCC(O)CN2CCCCC2)cc1. The molecule has 0 aliphatic carbocycles. The zero-order valence-electron chi connectivity index (χ0n) is 18.4. The molecule has 0 radical (unpaired) electrons. The Morgan fingerprint density at radius 2 is 1.91 bits per heavy atom. The van der Waals surface area contributed by atoms with Crippen molar-refractivity contribution in [2.24, 2.45) is 0 Å². The summed E-state index contributed by atoms with van der Waals surface area (Å²) in [5.74, 6) is 6.30. The van der Waals surface area contributed by atoms with E-state index in [0.717, 1.165) is 29.4 Å². The van der Waals surface area contributed by atoms with Crippen molar-refractivity contribution in [1.29, 1.82) is 0 Å². The van der Waals surface area contributed by atoms with Gasteiger partial charge in [0.15, 0.2) is 0 Å². The van der Waals surface area contributed by atoms with Gasteiger partial charge in [-0.1, -0.05) is 35.9 Å². The van der Waals surface area contributed by atoms with E-state index in [1.54, 1.807) is 36.5 Å². The fourth-order valence-electron chi connectivity index (χ4n) is 3.99. The average molecular weight is 463 g/mol. The Hall–Kier alpha value is -3.11. The van der Waals surface area contributed by atoms with Gasteiger partial charge >= 0.3 is 0 Å². The molecule has 0 saturated carbocycles. The Kier molecular flexibility index (Phi) is 7.46. The molecule has 6 nitrogen and oxygen atoms in total. The molecule has 1 unspecified atom stereocenters. The van der Waals surface area contributed by atoms with Crippen molar-refractivity contribution in [3.8, 4) is 11.8 Å². The third-order valence-corrected chi connectivity index (χ3v) is 6.01. The molecular weight excluding hydrogens is 436 g/mol. The van der Waals surface area contributed by atoms with Crippen LogP contribution in [0.2, 0.25) is 5.02 Å². The van der Waals surface area contributed by atoms with Crippen LogP contribution in [0.4, 0.5) is 5.82 Å². The minimum absolute atomic E-state index is 0.218. The molecule has 1 fully saturated rings. The normalized spacial score (nSPS) is 15.0. The zero-order chi connectivity index (χ0) is 23.2. The fraction of sp³-hybridized carbons (Fsp3) is 0.308. The van der Waals surface area contributed by atoms with Gasteiger partial charge < -0.3 is 21.1 Å². The monoisotopic (exact) mass is 462 g/mol. The van der Waals surface area contributed by atoms with Crippen LogP contribution in [-0.4, -0.2) is 53.2 Å². The molecule has 1 atom stereocenters. The number of nitrogens with two attached hydrogens (primary N) is 1. The maximum Gasteiger partial charge on any atom is 0.251 e. The number of β-amino-alcohol motifs (C(OH)–C–C–N with tert-alkyl or cyclic N) is 1. The maximum atomic E-state index is 12.4. The number of fused-ring (bicyclic) bond motifs is 1. The number of rotatable bonds is 5. The number of halogens is 1. The summed E-state index contributed by atoms with van der Waals surface area (Å²) in [5, 5.41) is 15.4. The van der Waals surface area contributed by atoms with Gasteiger partial charge in [-0.3, -0.25) is 4.79 Å². The van der Waals surface area contributed by atoms with Crippen LogP contribution in [0.25, 0.3) is 10.8 Å². The van der Waals surface area contributed by atoms with Crippen molar-refractivity contribution in [2.75, 3.05) is 31.9 Å². The molecule has 1 saturated heterocycles. The number of carbonyl (C=O) groups excluding carboxylic acids is 1. The number of hydrogen-bond donors (Lipinski definition) is 3. The van der Waals surface area contributed by atoms with Crippen LogP contribution in [0.5, 0.6) is 0 Å². The first-order valence-electron chi connectivity index (χ1n) is 11.1. The smallest absolute Gasteiger partial charge is 0.251 e. The third kappa shape index (κ3) is 6.02. The number of benzene rings is 2. The molecule has 2 heterocycles. The molecule has 3 aromatic rings. The molecule has 2 aromatic carbocycles. The Morgan fingerprint density at radius 3 is 2.67 bits per heavy atom. The Bertz CT molecular complexity index is 1190. The number of nitrogen functional groups attached to an aromatic ring is 1. The predicted octanol–water partition coefficient (Wildman–Crippen LogP) is 3.45. The molecule has 4 N–H and O–H groups in total. The lowest BCUT2D eigenvalue weighted by Gasteiger charge is -2.28. The van der Waals surface area contributed by atoms with Gasteiger partial charge in [-0.2, -0.15) is 0 Å². The molecule has 0 spiro atoms. The summed E-state index contributed by atoms with van der Waals surface area (Å²) < 4.78 is 0. The number of anilines is 1. The zero-order valence-corrected chi connectivity index (χ0v) is 19.1. The molecule has 33 heavy (non-hydrogen) atoms. The van der Waals surface area contributed by atoms with Crippen molar-refractivity contribution < 1.29 is 9.90 Å². The molecule has 7 heteroatoms. The highest BCUT2D eigenvalue weighted by Gasteiger charge is 2.15. The van der Waals surface area contributed by atoms with E-state index in [9.17, 15) is 9.90 Å². The van der Waals surface area contributed by atoms with Crippen LogP contribution >= 0.6 is 11.6 Å². The number of nitrogens with zero attached hydrogens (tertiary/aromatic N) is 2. The first kappa shape index (κ1) is 23.1. The lowest BCUT2D eigenvalue weighted by molar-refractivity contribution is 0.0831. The maximum absolute atomic E-state index is 12.4. The number of aliphatic hydroxyl groups excluding tert-OH is 1. The number of pyridine rings is 1. The number of hydrogen-bond acceptors (Lipinski definition) is 5. The van der Waals surface area contributed by atoms with Gasteiger partial charge in [-0.05, 0) is 62.3 Å². The van der Waals surface area contributed by atoms with Gasteiger partial charge in [0.05, 0.1) is 11.7 Å². The highest BCUT2D eigenvalue weighted by atomic mass is 35.5. The lowest BCUT2D eigenvalue weighted by atomic mass is 10.1. The Labute approximate surface area is 198 Å². The van der Waals surface area contributed by atoms with Crippen LogP contribution in [0.3, 0.4) is 0 Å². The number of aromatic nitrogens is 1. The molecule has 4 rings (SSSR count). The van der Waals surface area contributed by atoms with Gasteiger partial charge in [0.25, 0.3) is 5.91 Å². The highest BCUT2D eigenvalue weighted by molar-refractivity contribution is 6.31. The Morgan fingerprint density at radius 1 is 1.15 bits per heavy atom. The van der Waals surface area contributed by atoms with Gasteiger partial charge in [-0.25, -0.2) is 4.98 Å².